The molecule has 2 atom stereocenters. The fourth-order valence-corrected chi connectivity index (χ4v) is 3.39. The number of aliphatic imine (C=N–C) groups is 1. The number of para-hydroxylation sites is 1. The summed E-state index contributed by atoms with van der Waals surface area (Å²) >= 11 is 0. The molecule has 0 aliphatic carbocycles. The van der Waals surface area contributed by atoms with Crippen molar-refractivity contribution in [1.29, 1.82) is 0 Å². The van der Waals surface area contributed by atoms with Gasteiger partial charge in [0.1, 0.15) is 11.8 Å². The summed E-state index contributed by atoms with van der Waals surface area (Å²) in [5, 5.41) is 10.6. The molecule has 2 unspecified atom stereocenters. The zero-order chi connectivity index (χ0) is 20.5. The third-order valence-corrected chi connectivity index (χ3v) is 4.78. The molecule has 1 aliphatic rings. The van der Waals surface area contributed by atoms with E-state index in [4.69, 9.17) is 0 Å². The number of pyridine rings is 1. The Morgan fingerprint density at radius 3 is 2.43 bits per heavy atom. The number of aromatic nitrogens is 1. The van der Waals surface area contributed by atoms with Crippen LogP contribution in [0.3, 0.4) is 0 Å². The summed E-state index contributed by atoms with van der Waals surface area (Å²) in [6.07, 6.45) is -6.03. The van der Waals surface area contributed by atoms with Gasteiger partial charge in [-0.15, -0.1) is 0 Å². The normalized spacial score (nSPS) is 20.0. The molecule has 0 radical (unpaired) electrons. The monoisotopic (exact) mass is 404 g/mol. The van der Waals surface area contributed by atoms with Crippen LogP contribution in [0.1, 0.15) is 55.0 Å². The van der Waals surface area contributed by atoms with Crippen molar-refractivity contribution in [3.8, 4) is 0 Å². The SMILES string of the molecule is OC(c1cc(C(F)(F)F)nc2c(C(F)(F)F)cccc12)C1CCCCCC=N1. The van der Waals surface area contributed by atoms with Gasteiger partial charge < -0.3 is 5.11 Å². The summed E-state index contributed by atoms with van der Waals surface area (Å²) in [4.78, 5) is 7.47. The maximum atomic E-state index is 13.3. The Bertz CT molecular complexity index is 875. The van der Waals surface area contributed by atoms with E-state index in [1.54, 1.807) is 6.21 Å². The van der Waals surface area contributed by atoms with Gasteiger partial charge in [-0.05, 0) is 43.2 Å². The Kier molecular flexibility index (Phi) is 5.65. The zero-order valence-electron chi connectivity index (χ0n) is 14.7. The Morgan fingerprint density at radius 2 is 1.75 bits per heavy atom. The van der Waals surface area contributed by atoms with Crippen LogP contribution in [0.5, 0.6) is 0 Å². The van der Waals surface area contributed by atoms with Crippen LogP contribution in [-0.4, -0.2) is 22.3 Å². The maximum absolute atomic E-state index is 13.3. The molecule has 1 aromatic heterocycles. The molecule has 1 aromatic carbocycles. The molecule has 3 rings (SSSR count). The number of aliphatic hydroxyl groups excluding tert-OH is 1. The van der Waals surface area contributed by atoms with Gasteiger partial charge in [-0.2, -0.15) is 26.3 Å². The molecule has 0 saturated carbocycles. The number of alkyl halides is 6. The highest BCUT2D eigenvalue weighted by Gasteiger charge is 2.38. The molecule has 2 heterocycles. The van der Waals surface area contributed by atoms with Crippen molar-refractivity contribution in [3.63, 3.8) is 0 Å². The first-order valence-electron chi connectivity index (χ1n) is 8.87. The number of rotatable bonds is 2. The largest absolute Gasteiger partial charge is 0.433 e. The van der Waals surface area contributed by atoms with Gasteiger partial charge in [-0.3, -0.25) is 4.99 Å². The first kappa shape index (κ1) is 20.6. The van der Waals surface area contributed by atoms with Gasteiger partial charge in [0.05, 0.1) is 17.1 Å². The summed E-state index contributed by atoms with van der Waals surface area (Å²) in [7, 11) is 0. The quantitative estimate of drug-likeness (QED) is 0.652. The number of hydrogen-bond acceptors (Lipinski definition) is 3. The Labute approximate surface area is 157 Å². The first-order valence-corrected chi connectivity index (χ1v) is 8.87. The molecule has 0 amide bonds. The lowest BCUT2D eigenvalue weighted by Gasteiger charge is -2.24. The smallest absolute Gasteiger partial charge is 0.386 e. The lowest BCUT2D eigenvalue weighted by atomic mass is 9.92. The van der Waals surface area contributed by atoms with Crippen molar-refractivity contribution in [2.24, 2.45) is 4.99 Å². The van der Waals surface area contributed by atoms with Crippen molar-refractivity contribution in [2.45, 2.75) is 56.6 Å². The van der Waals surface area contributed by atoms with Crippen LogP contribution in [0.4, 0.5) is 26.3 Å². The molecule has 0 spiro atoms. The van der Waals surface area contributed by atoms with Gasteiger partial charge in [0, 0.05) is 5.39 Å². The van der Waals surface area contributed by atoms with Gasteiger partial charge in [-0.1, -0.05) is 25.0 Å². The number of nitrogens with zero attached hydrogens (tertiary/aromatic N) is 2. The van der Waals surface area contributed by atoms with Crippen molar-refractivity contribution in [3.05, 3.63) is 41.1 Å². The highest BCUT2D eigenvalue weighted by atomic mass is 19.4. The second-order valence-electron chi connectivity index (χ2n) is 6.78. The molecule has 0 saturated heterocycles. The zero-order valence-corrected chi connectivity index (χ0v) is 14.7. The molecule has 3 nitrogen and oxygen atoms in total. The van der Waals surface area contributed by atoms with Crippen LogP contribution in [0, 0.1) is 0 Å². The number of hydrogen-bond donors (Lipinski definition) is 1. The van der Waals surface area contributed by atoms with E-state index in [1.165, 1.54) is 6.07 Å². The highest BCUT2D eigenvalue weighted by Crippen LogP contribution is 2.40. The number of halogens is 6. The molecule has 2 aromatic rings. The molecule has 28 heavy (non-hydrogen) atoms. The average molecular weight is 404 g/mol. The minimum atomic E-state index is -4.95. The van der Waals surface area contributed by atoms with E-state index in [9.17, 15) is 31.4 Å². The van der Waals surface area contributed by atoms with E-state index in [2.05, 4.69) is 9.98 Å². The van der Waals surface area contributed by atoms with E-state index in [-0.39, 0.29) is 10.9 Å². The third-order valence-electron chi connectivity index (χ3n) is 4.78. The molecule has 152 valence electrons. The molecule has 9 heteroatoms. The van der Waals surface area contributed by atoms with E-state index in [1.807, 2.05) is 0 Å². The predicted octanol–water partition coefficient (Wildman–Crippen LogP) is 5.71. The van der Waals surface area contributed by atoms with E-state index in [0.29, 0.717) is 25.0 Å². The van der Waals surface area contributed by atoms with E-state index < -0.39 is 41.3 Å². The minimum Gasteiger partial charge on any atom is -0.386 e. The van der Waals surface area contributed by atoms with Gasteiger partial charge in [0.2, 0.25) is 0 Å². The van der Waals surface area contributed by atoms with Crippen LogP contribution >= 0.6 is 0 Å². The van der Waals surface area contributed by atoms with Crippen LogP contribution in [0.25, 0.3) is 10.9 Å². The summed E-state index contributed by atoms with van der Waals surface area (Å²) in [5.41, 5.74) is -3.81. The molecule has 0 fully saturated rings. The second kappa shape index (κ2) is 7.69. The van der Waals surface area contributed by atoms with Crippen molar-refractivity contribution < 1.29 is 31.4 Å². The topological polar surface area (TPSA) is 45.5 Å². The van der Waals surface area contributed by atoms with Gasteiger partial charge in [0.25, 0.3) is 0 Å². The lowest BCUT2D eigenvalue weighted by Crippen LogP contribution is -2.20. The molecule has 0 bridgehead atoms. The van der Waals surface area contributed by atoms with E-state index >= 15 is 0 Å². The summed E-state index contributed by atoms with van der Waals surface area (Å²) in [6, 6.07) is 2.92. The highest BCUT2D eigenvalue weighted by molar-refractivity contribution is 5.86. The molecular weight excluding hydrogens is 386 g/mol. The van der Waals surface area contributed by atoms with Gasteiger partial charge >= 0.3 is 12.4 Å². The van der Waals surface area contributed by atoms with Crippen LogP contribution in [0.15, 0.2) is 29.3 Å². The van der Waals surface area contributed by atoms with Gasteiger partial charge in [0.15, 0.2) is 0 Å². The van der Waals surface area contributed by atoms with Gasteiger partial charge in [-0.25, -0.2) is 4.98 Å². The van der Waals surface area contributed by atoms with E-state index in [0.717, 1.165) is 25.3 Å². The molecular formula is C19H18F6N2O. The first-order chi connectivity index (χ1) is 13.1. The predicted molar refractivity (Wildman–Crippen MR) is 92.1 cm³/mol. The Balaban J connectivity index is 2.21. The third kappa shape index (κ3) is 4.29. The number of aliphatic hydroxyl groups is 1. The van der Waals surface area contributed by atoms with Crippen molar-refractivity contribution in [1.82, 2.24) is 4.98 Å². The standard InChI is InChI=1S/C19H18F6N2O/c20-18(21,22)13-7-5-6-11-12(10-15(19(23,24)25)27-16(11)13)17(28)14-8-3-1-2-4-9-26-14/h5-7,9-10,14,17,28H,1-4,8H2. The molecule has 1 aliphatic heterocycles. The Morgan fingerprint density at radius 1 is 1.00 bits per heavy atom. The van der Waals surface area contributed by atoms with Crippen LogP contribution in [0.2, 0.25) is 0 Å². The Hall–Kier alpha value is -2.16. The van der Waals surface area contributed by atoms with Crippen LogP contribution < -0.4 is 0 Å². The number of benzene rings is 1. The summed E-state index contributed by atoms with van der Waals surface area (Å²) in [6.45, 7) is 0. The van der Waals surface area contributed by atoms with Crippen molar-refractivity contribution >= 4 is 17.1 Å². The summed E-state index contributed by atoms with van der Waals surface area (Å²) < 4.78 is 79.9. The average Bonchev–Trinajstić information content (AvgIpc) is 2.57. The van der Waals surface area contributed by atoms with Crippen molar-refractivity contribution in [2.75, 3.05) is 0 Å². The minimum absolute atomic E-state index is 0.160. The number of fused-ring (bicyclic) bond motifs is 1. The fourth-order valence-electron chi connectivity index (χ4n) is 3.39. The summed E-state index contributed by atoms with van der Waals surface area (Å²) in [5.74, 6) is 0. The maximum Gasteiger partial charge on any atom is 0.433 e. The molecule has 1 N–H and O–H groups in total. The second-order valence-corrected chi connectivity index (χ2v) is 6.78. The lowest BCUT2D eigenvalue weighted by molar-refractivity contribution is -0.142. The van der Waals surface area contributed by atoms with Crippen LogP contribution in [-0.2, 0) is 12.4 Å². The fraction of sp³-hybridized carbons (Fsp3) is 0.474.